The number of rotatable bonds is 9. The molecule has 0 radical (unpaired) electrons. The Labute approximate surface area is 233 Å². The molecule has 1 unspecified atom stereocenters. The molecule has 1 fully saturated rings. The minimum absolute atomic E-state index is 0.218. The SMILES string of the molecule is C[Si](C)(C)CCOCn1ccnc1-c1ccc(-c2cnn3ccc(N4C(=O)OCC4c4ccccn4)nc23)cc1. The molecule has 1 aromatic carbocycles. The molecule has 0 bridgehead atoms. The van der Waals surface area contributed by atoms with Gasteiger partial charge < -0.3 is 14.0 Å². The smallest absolute Gasteiger partial charge is 0.416 e. The number of carbonyl (C=O) groups excluding carboxylic acids is 1. The number of anilines is 1. The Morgan fingerprint density at radius 2 is 1.82 bits per heavy atom. The molecule has 11 heteroatoms. The largest absolute Gasteiger partial charge is 0.446 e. The van der Waals surface area contributed by atoms with Gasteiger partial charge in [0.15, 0.2) is 5.65 Å². The molecule has 6 rings (SSSR count). The van der Waals surface area contributed by atoms with E-state index in [1.807, 2.05) is 53.2 Å². The Morgan fingerprint density at radius 1 is 1.00 bits per heavy atom. The van der Waals surface area contributed by atoms with Crippen LogP contribution in [0.4, 0.5) is 10.6 Å². The van der Waals surface area contributed by atoms with Crippen molar-refractivity contribution >= 4 is 25.6 Å². The van der Waals surface area contributed by atoms with Gasteiger partial charge in [0.2, 0.25) is 0 Å². The zero-order valence-corrected chi connectivity index (χ0v) is 23.8. The summed E-state index contributed by atoms with van der Waals surface area (Å²) in [5.41, 5.74) is 4.19. The van der Waals surface area contributed by atoms with E-state index in [-0.39, 0.29) is 12.6 Å². The first-order chi connectivity index (χ1) is 19.4. The van der Waals surface area contributed by atoms with Crippen LogP contribution in [0.5, 0.6) is 0 Å². The first-order valence-corrected chi connectivity index (χ1v) is 17.0. The Morgan fingerprint density at radius 3 is 2.60 bits per heavy atom. The van der Waals surface area contributed by atoms with Gasteiger partial charge in [-0.3, -0.25) is 4.98 Å². The number of carbonyl (C=O) groups is 1. The van der Waals surface area contributed by atoms with Gasteiger partial charge in [-0.15, -0.1) is 0 Å². The van der Waals surface area contributed by atoms with Gasteiger partial charge in [-0.05, 0) is 29.8 Å². The van der Waals surface area contributed by atoms with Crippen molar-refractivity contribution in [1.29, 1.82) is 0 Å². The third-order valence-corrected chi connectivity index (χ3v) is 8.60. The molecule has 204 valence electrons. The highest BCUT2D eigenvalue weighted by Gasteiger charge is 2.37. The molecule has 40 heavy (non-hydrogen) atoms. The van der Waals surface area contributed by atoms with E-state index in [9.17, 15) is 4.79 Å². The van der Waals surface area contributed by atoms with Gasteiger partial charge in [0, 0.05) is 50.6 Å². The second-order valence-corrected chi connectivity index (χ2v) is 16.6. The van der Waals surface area contributed by atoms with Gasteiger partial charge in [-0.25, -0.2) is 24.2 Å². The molecule has 1 aliphatic rings. The molecule has 1 amide bonds. The number of amides is 1. The van der Waals surface area contributed by atoms with E-state index in [4.69, 9.17) is 14.5 Å². The molecule has 5 heterocycles. The Balaban J connectivity index is 1.24. The second kappa shape index (κ2) is 10.7. The summed E-state index contributed by atoms with van der Waals surface area (Å²) in [7, 11) is -1.13. The van der Waals surface area contributed by atoms with Crippen molar-refractivity contribution in [1.82, 2.24) is 29.1 Å². The molecule has 4 aromatic heterocycles. The number of pyridine rings is 1. The summed E-state index contributed by atoms with van der Waals surface area (Å²) < 4.78 is 15.0. The summed E-state index contributed by atoms with van der Waals surface area (Å²) in [5.74, 6) is 1.34. The van der Waals surface area contributed by atoms with Crippen LogP contribution < -0.4 is 4.90 Å². The van der Waals surface area contributed by atoms with Crippen LogP contribution in [0.25, 0.3) is 28.2 Å². The van der Waals surface area contributed by atoms with Crippen LogP contribution in [0.2, 0.25) is 25.7 Å². The van der Waals surface area contributed by atoms with Crippen molar-refractivity contribution in [3.63, 3.8) is 0 Å². The highest BCUT2D eigenvalue weighted by atomic mass is 28.3. The van der Waals surface area contributed by atoms with E-state index < -0.39 is 14.2 Å². The predicted molar refractivity (Wildman–Crippen MR) is 155 cm³/mol. The third-order valence-electron chi connectivity index (χ3n) is 6.90. The van der Waals surface area contributed by atoms with Gasteiger partial charge in [0.1, 0.15) is 31.0 Å². The summed E-state index contributed by atoms with van der Waals surface area (Å²) in [6.07, 6.45) is 8.58. The fraction of sp³-hybridized carbons (Fsp3) is 0.276. The molecule has 1 saturated heterocycles. The van der Waals surface area contributed by atoms with Crippen LogP contribution in [0.3, 0.4) is 0 Å². The highest BCUT2D eigenvalue weighted by Crippen LogP contribution is 2.33. The first-order valence-electron chi connectivity index (χ1n) is 13.3. The number of aromatic nitrogens is 6. The fourth-order valence-corrected chi connectivity index (χ4v) is 5.43. The van der Waals surface area contributed by atoms with Crippen molar-refractivity contribution in [2.45, 2.75) is 38.5 Å². The van der Waals surface area contributed by atoms with Gasteiger partial charge in [0.05, 0.1) is 11.9 Å². The number of nitrogens with zero attached hydrogens (tertiary/aromatic N) is 7. The first kappa shape index (κ1) is 25.9. The molecular weight excluding hydrogens is 522 g/mol. The quantitative estimate of drug-likeness (QED) is 0.171. The summed E-state index contributed by atoms with van der Waals surface area (Å²) in [6.45, 7) is 8.49. The molecule has 0 saturated carbocycles. The van der Waals surface area contributed by atoms with E-state index in [1.54, 1.807) is 40.3 Å². The molecule has 1 aliphatic heterocycles. The normalized spacial score (nSPS) is 15.6. The standard InChI is InChI=1S/C29H31N7O3Si/c1-40(2,3)17-16-38-20-34-15-13-31-27(34)22-9-7-21(8-10-22)23-18-32-35-14-11-26(33-28(23)35)36-25(19-39-29(36)37)24-6-4-5-12-30-24/h4-15,18,25H,16-17,19-20H2,1-3H3. The van der Waals surface area contributed by atoms with Crippen LogP contribution in [0, 0.1) is 0 Å². The number of hydrogen-bond acceptors (Lipinski definition) is 7. The van der Waals surface area contributed by atoms with Crippen LogP contribution >= 0.6 is 0 Å². The number of cyclic esters (lactones) is 1. The lowest BCUT2D eigenvalue weighted by molar-refractivity contribution is 0.0883. The van der Waals surface area contributed by atoms with E-state index in [0.29, 0.717) is 18.2 Å². The lowest BCUT2D eigenvalue weighted by atomic mass is 10.1. The number of fused-ring (bicyclic) bond motifs is 1. The highest BCUT2D eigenvalue weighted by molar-refractivity contribution is 6.76. The van der Waals surface area contributed by atoms with Crippen molar-refractivity contribution in [2.75, 3.05) is 18.1 Å². The Bertz CT molecular complexity index is 1630. The van der Waals surface area contributed by atoms with Crippen molar-refractivity contribution in [2.24, 2.45) is 0 Å². The number of benzene rings is 1. The van der Waals surface area contributed by atoms with Crippen molar-refractivity contribution in [3.8, 4) is 22.5 Å². The molecule has 0 aliphatic carbocycles. The minimum Gasteiger partial charge on any atom is -0.446 e. The van der Waals surface area contributed by atoms with Gasteiger partial charge >= 0.3 is 6.09 Å². The Hall–Kier alpha value is -4.35. The van der Waals surface area contributed by atoms with Crippen LogP contribution in [0.1, 0.15) is 11.7 Å². The van der Waals surface area contributed by atoms with E-state index >= 15 is 0 Å². The number of hydrogen-bond donors (Lipinski definition) is 0. The predicted octanol–water partition coefficient (Wildman–Crippen LogP) is 5.67. The van der Waals surface area contributed by atoms with E-state index in [1.165, 1.54) is 0 Å². The molecular formula is C29H31N7O3Si. The maximum absolute atomic E-state index is 12.7. The zero-order valence-electron chi connectivity index (χ0n) is 22.8. The topological polar surface area (TPSA) is 99.7 Å². The van der Waals surface area contributed by atoms with Gasteiger partial charge in [-0.1, -0.05) is 50.0 Å². The van der Waals surface area contributed by atoms with Crippen LogP contribution in [-0.4, -0.2) is 56.5 Å². The molecule has 1 atom stereocenters. The zero-order chi connectivity index (χ0) is 27.7. The van der Waals surface area contributed by atoms with Gasteiger partial charge in [0.25, 0.3) is 0 Å². The lowest BCUT2D eigenvalue weighted by Crippen LogP contribution is -2.28. The van der Waals surface area contributed by atoms with Crippen molar-refractivity contribution in [3.05, 3.63) is 85.2 Å². The molecule has 5 aromatic rings. The monoisotopic (exact) mass is 553 g/mol. The maximum Gasteiger partial charge on any atom is 0.416 e. The third kappa shape index (κ3) is 5.25. The second-order valence-electron chi connectivity index (χ2n) is 11.0. The minimum atomic E-state index is -1.13. The number of ether oxygens (including phenoxy) is 2. The Kier molecular flexibility index (Phi) is 6.91. The van der Waals surface area contributed by atoms with E-state index in [2.05, 4.69) is 34.7 Å². The molecule has 10 nitrogen and oxygen atoms in total. The number of imidazole rings is 1. The summed E-state index contributed by atoms with van der Waals surface area (Å²) in [5, 5.41) is 4.48. The summed E-state index contributed by atoms with van der Waals surface area (Å²) in [6, 6.07) is 16.3. The fourth-order valence-electron chi connectivity index (χ4n) is 4.68. The lowest BCUT2D eigenvalue weighted by Gasteiger charge is -2.20. The van der Waals surface area contributed by atoms with Crippen LogP contribution in [0.15, 0.2) is 79.5 Å². The average molecular weight is 554 g/mol. The average Bonchev–Trinajstić information content (AvgIpc) is 3.69. The molecule has 0 N–H and O–H groups in total. The van der Waals surface area contributed by atoms with Gasteiger partial charge in [-0.2, -0.15) is 5.10 Å². The molecule has 0 spiro atoms. The summed E-state index contributed by atoms with van der Waals surface area (Å²) >= 11 is 0. The van der Waals surface area contributed by atoms with E-state index in [0.717, 1.165) is 40.9 Å². The maximum atomic E-state index is 12.7. The van der Waals surface area contributed by atoms with Crippen LogP contribution in [-0.2, 0) is 16.2 Å². The van der Waals surface area contributed by atoms with Crippen molar-refractivity contribution < 1.29 is 14.3 Å². The summed E-state index contributed by atoms with van der Waals surface area (Å²) in [4.78, 5) is 28.1.